The van der Waals surface area contributed by atoms with E-state index in [-0.39, 0.29) is 17.9 Å². The number of phenolic OH excluding ortho intramolecular Hbond substituents is 2. The number of aromatic hydroxyl groups is 2. The van der Waals surface area contributed by atoms with E-state index in [0.29, 0.717) is 29.0 Å². The lowest BCUT2D eigenvalue weighted by Gasteiger charge is -2.40. The van der Waals surface area contributed by atoms with E-state index in [2.05, 4.69) is 24.5 Å². The fourth-order valence-corrected chi connectivity index (χ4v) is 4.77. The second kappa shape index (κ2) is 14.6. The van der Waals surface area contributed by atoms with Gasteiger partial charge < -0.3 is 30.5 Å². The average Bonchev–Trinajstić information content (AvgIpc) is 2.86. The SMILES string of the molecule is Cc1cccc(C(C(=O)NC(C)(C)C)N(C(=O)C(Cc2ccc(O)cc2)NC(=O)OC(C)(C)C)C(C)CCC(C)C)c1O. The van der Waals surface area contributed by atoms with Gasteiger partial charge in [-0.25, -0.2) is 4.79 Å². The number of hydrogen-bond acceptors (Lipinski definition) is 6. The van der Waals surface area contributed by atoms with Crippen LogP contribution in [0.5, 0.6) is 11.5 Å². The summed E-state index contributed by atoms with van der Waals surface area (Å²) in [7, 11) is 0. The lowest BCUT2D eigenvalue weighted by atomic mass is 9.94. The van der Waals surface area contributed by atoms with Gasteiger partial charge in [0.1, 0.15) is 29.2 Å². The Morgan fingerprint density at radius 1 is 0.907 bits per heavy atom. The van der Waals surface area contributed by atoms with E-state index >= 15 is 0 Å². The van der Waals surface area contributed by atoms with E-state index in [0.717, 1.165) is 6.42 Å². The zero-order chi connectivity index (χ0) is 32.7. The number of carbonyl (C=O) groups is 3. The third-order valence-corrected chi connectivity index (χ3v) is 6.84. The third kappa shape index (κ3) is 11.1. The summed E-state index contributed by atoms with van der Waals surface area (Å²) in [5.74, 6) is -0.588. The van der Waals surface area contributed by atoms with Crippen LogP contribution in [0.4, 0.5) is 4.79 Å². The van der Waals surface area contributed by atoms with E-state index in [9.17, 15) is 24.6 Å². The monoisotopic (exact) mass is 597 g/mol. The van der Waals surface area contributed by atoms with Gasteiger partial charge in [-0.3, -0.25) is 9.59 Å². The highest BCUT2D eigenvalue weighted by molar-refractivity contribution is 5.93. The third-order valence-electron chi connectivity index (χ3n) is 6.84. The van der Waals surface area contributed by atoms with Crippen molar-refractivity contribution in [3.05, 3.63) is 59.2 Å². The van der Waals surface area contributed by atoms with Crippen LogP contribution in [-0.2, 0) is 20.7 Å². The summed E-state index contributed by atoms with van der Waals surface area (Å²) < 4.78 is 5.51. The van der Waals surface area contributed by atoms with E-state index in [1.54, 1.807) is 58.0 Å². The molecule has 0 aliphatic heterocycles. The molecule has 0 saturated carbocycles. The lowest BCUT2D eigenvalue weighted by molar-refractivity contribution is -0.145. The van der Waals surface area contributed by atoms with E-state index in [1.807, 2.05) is 27.7 Å². The molecule has 0 bridgehead atoms. The molecule has 3 atom stereocenters. The maximum Gasteiger partial charge on any atom is 0.408 e. The van der Waals surface area contributed by atoms with Gasteiger partial charge in [-0.1, -0.05) is 44.2 Å². The number of rotatable bonds is 11. The van der Waals surface area contributed by atoms with Crippen molar-refractivity contribution in [3.8, 4) is 11.5 Å². The smallest absolute Gasteiger partial charge is 0.408 e. The summed E-state index contributed by atoms with van der Waals surface area (Å²) >= 11 is 0. The Labute approximate surface area is 257 Å². The summed E-state index contributed by atoms with van der Waals surface area (Å²) in [4.78, 5) is 43.3. The first-order valence-corrected chi connectivity index (χ1v) is 15.0. The Kier molecular flexibility index (Phi) is 12.1. The topological polar surface area (TPSA) is 128 Å². The summed E-state index contributed by atoms with van der Waals surface area (Å²) in [6.07, 6.45) is 0.696. The van der Waals surface area contributed by atoms with Gasteiger partial charge in [0.25, 0.3) is 0 Å². The number of phenols is 2. The Morgan fingerprint density at radius 2 is 1.51 bits per heavy atom. The molecule has 2 aromatic rings. The van der Waals surface area contributed by atoms with Crippen LogP contribution in [0.1, 0.15) is 97.9 Å². The van der Waals surface area contributed by atoms with Gasteiger partial charge in [0.05, 0.1) is 0 Å². The van der Waals surface area contributed by atoms with Crippen molar-refractivity contribution in [3.63, 3.8) is 0 Å². The van der Waals surface area contributed by atoms with Gasteiger partial charge in [-0.2, -0.15) is 0 Å². The standard InChI is InChI=1S/C34H51N3O6/c1-21(2)14-15-23(4)37(28(30(40)36-33(5,6)7)26-13-11-12-22(3)29(26)39)31(41)27(35-32(42)43-34(8,9)10)20-24-16-18-25(38)19-17-24/h11-13,16-19,21,23,27-28,38-39H,14-15,20H2,1-10H3,(H,35,42)(H,36,40). The number of ether oxygens (including phenoxy) is 1. The molecule has 4 N–H and O–H groups in total. The second-order valence-electron chi connectivity index (χ2n) is 13.8. The van der Waals surface area contributed by atoms with Crippen LogP contribution in [0.15, 0.2) is 42.5 Å². The molecular formula is C34H51N3O6. The molecule has 9 heteroatoms. The van der Waals surface area contributed by atoms with Crippen LogP contribution < -0.4 is 10.6 Å². The summed E-state index contributed by atoms with van der Waals surface area (Å²) in [6, 6.07) is 8.78. The Bertz CT molecular complexity index is 1240. The number of nitrogens with zero attached hydrogens (tertiary/aromatic N) is 1. The molecule has 0 radical (unpaired) electrons. The molecule has 3 unspecified atom stereocenters. The Balaban J connectivity index is 2.73. The van der Waals surface area contributed by atoms with Crippen molar-refractivity contribution in [1.82, 2.24) is 15.5 Å². The molecule has 2 rings (SSSR count). The fraction of sp³-hybridized carbons (Fsp3) is 0.559. The average molecular weight is 598 g/mol. The molecule has 9 nitrogen and oxygen atoms in total. The number of carbonyl (C=O) groups excluding carboxylic acids is 3. The van der Waals surface area contributed by atoms with Gasteiger partial charge in [-0.05, 0) is 97.4 Å². The number of alkyl carbamates (subject to hydrolysis) is 1. The highest BCUT2D eigenvalue weighted by Crippen LogP contribution is 2.35. The second-order valence-corrected chi connectivity index (χ2v) is 13.8. The highest BCUT2D eigenvalue weighted by atomic mass is 16.6. The number of aryl methyl sites for hydroxylation is 1. The first-order chi connectivity index (χ1) is 19.8. The molecule has 238 valence electrons. The molecule has 0 aliphatic rings. The van der Waals surface area contributed by atoms with Crippen molar-refractivity contribution in [2.75, 3.05) is 0 Å². The zero-order valence-corrected chi connectivity index (χ0v) is 27.4. The van der Waals surface area contributed by atoms with Gasteiger partial charge in [0.15, 0.2) is 0 Å². The largest absolute Gasteiger partial charge is 0.508 e. The van der Waals surface area contributed by atoms with Crippen LogP contribution >= 0.6 is 0 Å². The van der Waals surface area contributed by atoms with Gasteiger partial charge in [0, 0.05) is 23.6 Å². The summed E-state index contributed by atoms with van der Waals surface area (Å²) in [5, 5.41) is 26.7. The van der Waals surface area contributed by atoms with Crippen molar-refractivity contribution in [2.24, 2.45) is 5.92 Å². The van der Waals surface area contributed by atoms with Crippen molar-refractivity contribution < 1.29 is 29.3 Å². The molecular weight excluding hydrogens is 546 g/mol. The molecule has 0 aliphatic carbocycles. The fourth-order valence-electron chi connectivity index (χ4n) is 4.77. The molecule has 0 aromatic heterocycles. The van der Waals surface area contributed by atoms with Gasteiger partial charge in [0.2, 0.25) is 11.8 Å². The number of amides is 3. The Morgan fingerprint density at radius 3 is 2.05 bits per heavy atom. The molecule has 43 heavy (non-hydrogen) atoms. The zero-order valence-electron chi connectivity index (χ0n) is 27.4. The van der Waals surface area contributed by atoms with Crippen LogP contribution in [-0.4, -0.2) is 56.2 Å². The molecule has 0 fully saturated rings. The first kappa shape index (κ1) is 35.4. The maximum atomic E-state index is 14.7. The molecule has 3 amide bonds. The number of benzene rings is 2. The summed E-state index contributed by atoms with van der Waals surface area (Å²) in [6.45, 7) is 18.6. The quantitative estimate of drug-likeness (QED) is 0.246. The molecule has 2 aromatic carbocycles. The van der Waals surface area contributed by atoms with Crippen LogP contribution in [0.25, 0.3) is 0 Å². The predicted molar refractivity (Wildman–Crippen MR) is 169 cm³/mol. The number of para-hydroxylation sites is 1. The van der Waals surface area contributed by atoms with Crippen molar-refractivity contribution in [1.29, 1.82) is 0 Å². The minimum absolute atomic E-state index is 0.0689. The van der Waals surface area contributed by atoms with E-state index in [1.165, 1.54) is 17.0 Å². The molecule has 0 heterocycles. The maximum absolute atomic E-state index is 14.7. The highest BCUT2D eigenvalue weighted by Gasteiger charge is 2.41. The normalized spacial score (nSPS) is 14.0. The Hall–Kier alpha value is -3.75. The van der Waals surface area contributed by atoms with Crippen molar-refractivity contribution in [2.45, 2.75) is 118 Å². The lowest BCUT2D eigenvalue weighted by Crippen LogP contribution is -2.57. The molecule has 0 spiro atoms. The summed E-state index contributed by atoms with van der Waals surface area (Å²) in [5.41, 5.74) is 0.137. The van der Waals surface area contributed by atoms with Crippen molar-refractivity contribution >= 4 is 17.9 Å². The molecule has 0 saturated heterocycles. The van der Waals surface area contributed by atoms with Gasteiger partial charge >= 0.3 is 6.09 Å². The van der Waals surface area contributed by atoms with Crippen LogP contribution in [0.3, 0.4) is 0 Å². The van der Waals surface area contributed by atoms with Gasteiger partial charge in [-0.15, -0.1) is 0 Å². The van der Waals surface area contributed by atoms with Crippen LogP contribution in [0, 0.1) is 12.8 Å². The minimum Gasteiger partial charge on any atom is -0.508 e. The van der Waals surface area contributed by atoms with Crippen LogP contribution in [0.2, 0.25) is 0 Å². The number of nitrogens with one attached hydrogen (secondary N) is 2. The first-order valence-electron chi connectivity index (χ1n) is 15.0. The predicted octanol–water partition coefficient (Wildman–Crippen LogP) is 6.15. The minimum atomic E-state index is -1.18. The van der Waals surface area contributed by atoms with E-state index < -0.39 is 47.2 Å². The number of hydrogen-bond donors (Lipinski definition) is 4. The van der Waals surface area contributed by atoms with E-state index in [4.69, 9.17) is 4.74 Å².